The van der Waals surface area contributed by atoms with Crippen LogP contribution in [0, 0.1) is 11.3 Å². The van der Waals surface area contributed by atoms with Crippen molar-refractivity contribution in [2.45, 2.75) is 52.4 Å². The molecule has 0 unspecified atom stereocenters. The van der Waals surface area contributed by atoms with E-state index in [1.807, 2.05) is 12.3 Å². The van der Waals surface area contributed by atoms with Crippen LogP contribution in [-0.2, 0) is 10.8 Å². The van der Waals surface area contributed by atoms with Gasteiger partial charge in [-0.05, 0) is 112 Å². The van der Waals surface area contributed by atoms with Crippen LogP contribution in [0.2, 0.25) is 0 Å². The molecule has 0 saturated carbocycles. The van der Waals surface area contributed by atoms with E-state index in [4.69, 9.17) is 4.98 Å². The van der Waals surface area contributed by atoms with Crippen LogP contribution in [0.15, 0.2) is 164 Å². The Bertz CT molecular complexity index is 3420. The molecular weight excluding hydrogens is 743 g/mol. The molecule has 11 rings (SSSR count). The Morgan fingerprint density at radius 1 is 0.426 bits per heavy atom. The molecule has 7 aromatic carbocycles. The van der Waals surface area contributed by atoms with Gasteiger partial charge in [-0.1, -0.05) is 120 Å². The Morgan fingerprint density at radius 2 is 0.902 bits per heavy atom. The largest absolute Gasteiger partial charge is 0.308 e. The summed E-state index contributed by atoms with van der Waals surface area (Å²) in [5.74, 6) is 0. The lowest BCUT2D eigenvalue weighted by molar-refractivity contribution is 0.591. The summed E-state index contributed by atoms with van der Waals surface area (Å²) in [7, 11) is 0. The molecule has 11 aromatic rings. The molecule has 0 aliphatic rings. The summed E-state index contributed by atoms with van der Waals surface area (Å²) in [5, 5.41) is 18.5. The molecule has 0 spiro atoms. The molecule has 4 aromatic heterocycles. The van der Waals surface area contributed by atoms with Gasteiger partial charge in [-0.25, -0.2) is 4.98 Å². The number of para-hydroxylation sites is 3. The maximum atomic E-state index is 11.5. The van der Waals surface area contributed by atoms with Crippen LogP contribution >= 0.6 is 0 Å². The summed E-state index contributed by atoms with van der Waals surface area (Å²) in [4.78, 5) is 4.89. The van der Waals surface area contributed by atoms with Gasteiger partial charge >= 0.3 is 0 Å². The highest BCUT2D eigenvalue weighted by Gasteiger charge is 2.25. The highest BCUT2D eigenvalue weighted by atomic mass is 15.0. The third kappa shape index (κ3) is 5.63. The first-order chi connectivity index (χ1) is 29.5. The molecule has 294 valence electrons. The Hall–Kier alpha value is -7.42. The molecule has 0 aliphatic carbocycles. The van der Waals surface area contributed by atoms with Gasteiger partial charge in [0, 0.05) is 44.2 Å². The zero-order valence-corrected chi connectivity index (χ0v) is 35.3. The van der Waals surface area contributed by atoms with E-state index in [1.54, 1.807) is 0 Å². The number of rotatable bonds is 4. The van der Waals surface area contributed by atoms with Crippen LogP contribution in [0.3, 0.4) is 0 Å². The van der Waals surface area contributed by atoms with Gasteiger partial charge in [0.1, 0.15) is 17.3 Å². The van der Waals surface area contributed by atoms with E-state index in [2.05, 4.69) is 213 Å². The molecular formula is C56H45N5. The molecule has 0 N–H and O–H groups in total. The van der Waals surface area contributed by atoms with E-state index in [0.717, 1.165) is 77.6 Å². The number of nitrogens with zero attached hydrogens (tertiary/aromatic N) is 5. The van der Waals surface area contributed by atoms with Crippen molar-refractivity contribution in [1.29, 1.82) is 5.26 Å². The van der Waals surface area contributed by atoms with Gasteiger partial charge in [0.2, 0.25) is 0 Å². The quantitative estimate of drug-likeness (QED) is 0.178. The molecule has 4 heterocycles. The molecule has 0 radical (unpaired) electrons. The van der Waals surface area contributed by atoms with Gasteiger partial charge in [0.05, 0.1) is 39.0 Å². The van der Waals surface area contributed by atoms with Crippen molar-refractivity contribution >= 4 is 65.5 Å². The molecule has 5 nitrogen and oxygen atoms in total. The number of benzene rings is 7. The topological polar surface area (TPSA) is 51.5 Å². The van der Waals surface area contributed by atoms with Gasteiger partial charge in [0.25, 0.3) is 0 Å². The van der Waals surface area contributed by atoms with Crippen molar-refractivity contribution in [3.05, 3.63) is 181 Å². The van der Waals surface area contributed by atoms with E-state index in [0.29, 0.717) is 5.56 Å². The normalized spacial score (nSPS) is 12.4. The van der Waals surface area contributed by atoms with Crippen LogP contribution in [-0.4, -0.2) is 18.7 Å². The van der Waals surface area contributed by atoms with Crippen LogP contribution in [0.1, 0.15) is 58.2 Å². The van der Waals surface area contributed by atoms with Crippen LogP contribution in [0.4, 0.5) is 0 Å². The summed E-state index contributed by atoms with van der Waals surface area (Å²) in [6.07, 6.45) is 1.87. The fourth-order valence-corrected chi connectivity index (χ4v) is 9.53. The number of hydrogen-bond donors (Lipinski definition) is 0. The molecule has 61 heavy (non-hydrogen) atoms. The van der Waals surface area contributed by atoms with Crippen LogP contribution < -0.4 is 0 Å². The third-order valence-electron chi connectivity index (χ3n) is 12.6. The first kappa shape index (κ1) is 36.6. The summed E-state index contributed by atoms with van der Waals surface area (Å²) in [6.45, 7) is 13.6. The van der Waals surface area contributed by atoms with Gasteiger partial charge < -0.3 is 9.13 Å². The first-order valence-corrected chi connectivity index (χ1v) is 21.1. The summed E-state index contributed by atoms with van der Waals surface area (Å²) >= 11 is 0. The second-order valence-electron chi connectivity index (χ2n) is 18.4. The predicted octanol–water partition coefficient (Wildman–Crippen LogP) is 14.5. The maximum Gasteiger partial charge on any atom is 0.145 e. The lowest BCUT2D eigenvalue weighted by Crippen LogP contribution is -2.10. The minimum Gasteiger partial charge on any atom is -0.308 e. The number of nitriles is 1. The fraction of sp³-hybridized carbons (Fsp3) is 0.143. The minimum atomic E-state index is -0.0252. The SMILES string of the molecule is CC(C)(C)c1ccc2c(c1)c1ccccc1n2-c1cc(-c2cccc(-n3c4ccccc4c4cccnc43)c2)cc(-n2c3ccccc3c3cc(C(C)(C)C)ccc32)c1C#N. The average Bonchev–Trinajstić information content (AvgIpc) is 3.90. The number of pyridine rings is 1. The maximum absolute atomic E-state index is 11.5. The van der Waals surface area contributed by atoms with Crippen LogP contribution in [0.25, 0.3) is 93.7 Å². The molecule has 0 amide bonds. The zero-order chi connectivity index (χ0) is 41.8. The molecule has 5 heteroatoms. The van der Waals surface area contributed by atoms with Crippen molar-refractivity contribution < 1.29 is 0 Å². The molecule has 0 atom stereocenters. The van der Waals surface area contributed by atoms with Crippen LogP contribution in [0.5, 0.6) is 0 Å². The van der Waals surface area contributed by atoms with Gasteiger partial charge in [-0.2, -0.15) is 5.26 Å². The van der Waals surface area contributed by atoms with Gasteiger partial charge in [-0.3, -0.25) is 4.57 Å². The predicted molar refractivity (Wildman–Crippen MR) is 255 cm³/mol. The van der Waals surface area contributed by atoms with Crippen molar-refractivity contribution in [3.63, 3.8) is 0 Å². The Kier molecular flexibility index (Phi) is 7.99. The van der Waals surface area contributed by atoms with E-state index in [1.165, 1.54) is 27.3 Å². The highest BCUT2D eigenvalue weighted by molar-refractivity contribution is 6.12. The molecule has 0 fully saturated rings. The smallest absolute Gasteiger partial charge is 0.145 e. The Balaban J connectivity index is 1.25. The number of aromatic nitrogens is 4. The summed E-state index contributed by atoms with van der Waals surface area (Å²) in [5.41, 5.74) is 14.1. The third-order valence-corrected chi connectivity index (χ3v) is 12.6. The van der Waals surface area contributed by atoms with Crippen molar-refractivity contribution in [2.24, 2.45) is 0 Å². The molecule has 0 bridgehead atoms. The van der Waals surface area contributed by atoms with Crippen molar-refractivity contribution in [3.8, 4) is 34.3 Å². The van der Waals surface area contributed by atoms with Gasteiger partial charge in [0.15, 0.2) is 0 Å². The van der Waals surface area contributed by atoms with E-state index < -0.39 is 0 Å². The number of fused-ring (bicyclic) bond motifs is 9. The van der Waals surface area contributed by atoms with Crippen molar-refractivity contribution in [2.75, 3.05) is 0 Å². The second kappa shape index (κ2) is 13.3. The molecule has 0 aliphatic heterocycles. The standard InChI is InChI=1S/C56H45N5/c1-55(2,3)37-24-26-50-44(32-37)41-18-8-11-22-48(41)60(50)52-30-36(35-15-13-16-39(29-35)59-47-21-10-7-17-40(47)43-20-14-28-58-54(43)59)31-53(46(52)34-57)61-49-23-12-9-19-42(49)45-33-38(56(4,5)6)25-27-51(45)61/h7-33H,1-6H3. The highest BCUT2D eigenvalue weighted by Crippen LogP contribution is 2.42. The van der Waals surface area contributed by atoms with Crippen molar-refractivity contribution in [1.82, 2.24) is 18.7 Å². The molecule has 0 saturated heterocycles. The lowest BCUT2D eigenvalue weighted by atomic mass is 9.86. The van der Waals surface area contributed by atoms with E-state index in [-0.39, 0.29) is 10.8 Å². The van der Waals surface area contributed by atoms with E-state index >= 15 is 0 Å². The minimum absolute atomic E-state index is 0.0252. The zero-order valence-electron chi connectivity index (χ0n) is 35.3. The summed E-state index contributed by atoms with van der Waals surface area (Å²) < 4.78 is 6.89. The second-order valence-corrected chi connectivity index (χ2v) is 18.4. The monoisotopic (exact) mass is 787 g/mol. The summed E-state index contributed by atoms with van der Waals surface area (Å²) in [6, 6.07) is 59.5. The Labute approximate surface area is 355 Å². The average molecular weight is 788 g/mol. The lowest BCUT2D eigenvalue weighted by Gasteiger charge is -2.21. The first-order valence-electron chi connectivity index (χ1n) is 21.1. The van der Waals surface area contributed by atoms with Gasteiger partial charge in [-0.15, -0.1) is 0 Å². The number of hydrogen-bond acceptors (Lipinski definition) is 2. The Morgan fingerprint density at radius 3 is 1.43 bits per heavy atom. The van der Waals surface area contributed by atoms with E-state index in [9.17, 15) is 5.26 Å². The fourth-order valence-electron chi connectivity index (χ4n) is 9.53.